The van der Waals surface area contributed by atoms with Crippen molar-refractivity contribution in [2.45, 2.75) is 37.8 Å². The number of anilines is 1. The third-order valence-corrected chi connectivity index (χ3v) is 5.43. The number of carboxylic acid groups (broad SMARTS) is 1. The van der Waals surface area contributed by atoms with E-state index >= 15 is 0 Å². The van der Waals surface area contributed by atoms with E-state index in [9.17, 15) is 9.59 Å². The Hall–Kier alpha value is -1.20. The van der Waals surface area contributed by atoms with Crippen LogP contribution in [0.2, 0.25) is 0 Å². The number of amides is 1. The summed E-state index contributed by atoms with van der Waals surface area (Å²) in [7, 11) is 0. The van der Waals surface area contributed by atoms with E-state index in [2.05, 4.69) is 25.7 Å². The summed E-state index contributed by atoms with van der Waals surface area (Å²) in [5.41, 5.74) is 0. The Balaban J connectivity index is 0.00000182. The molecular formula is C15H25Cl2N5O4S. The van der Waals surface area contributed by atoms with Crippen molar-refractivity contribution in [2.24, 2.45) is 0 Å². The number of carboxylic acids is 1. The Kier molecular flexibility index (Phi) is 10.2. The Bertz CT molecular complexity index is 607. The number of carbonyl (C=O) groups is 2. The molecule has 0 radical (unpaired) electrons. The van der Waals surface area contributed by atoms with Gasteiger partial charge in [-0.3, -0.25) is 4.79 Å². The molecule has 1 aromatic rings. The van der Waals surface area contributed by atoms with Crippen molar-refractivity contribution in [2.75, 3.05) is 37.7 Å². The molecule has 12 heteroatoms. The second-order valence-electron chi connectivity index (χ2n) is 6.28. The zero-order valence-corrected chi connectivity index (χ0v) is 17.2. The molecule has 9 nitrogen and oxygen atoms in total. The van der Waals surface area contributed by atoms with E-state index in [0.29, 0.717) is 5.01 Å². The van der Waals surface area contributed by atoms with E-state index < -0.39 is 5.97 Å². The van der Waals surface area contributed by atoms with Gasteiger partial charge in [-0.1, -0.05) is 11.3 Å². The Morgan fingerprint density at radius 3 is 2.48 bits per heavy atom. The lowest BCUT2D eigenvalue weighted by Crippen LogP contribution is -2.43. The Morgan fingerprint density at radius 2 is 1.85 bits per heavy atom. The molecule has 0 aromatic carbocycles. The van der Waals surface area contributed by atoms with Crippen LogP contribution < -0.4 is 15.5 Å². The molecule has 1 amide bonds. The normalized spacial score (nSPS) is 22.3. The SMILES string of the molecule is Cl.Cl.O=C(O)COC1CCC(NC(=O)c2nnc(N3CCNCC3)s2)CC1. The zero-order chi connectivity index (χ0) is 17.6. The van der Waals surface area contributed by atoms with Gasteiger partial charge in [0.2, 0.25) is 10.1 Å². The zero-order valence-electron chi connectivity index (χ0n) is 14.8. The molecule has 1 saturated carbocycles. The summed E-state index contributed by atoms with van der Waals surface area (Å²) >= 11 is 1.32. The maximum Gasteiger partial charge on any atom is 0.329 e. The number of piperazine rings is 1. The summed E-state index contributed by atoms with van der Waals surface area (Å²) < 4.78 is 5.31. The molecule has 0 unspecified atom stereocenters. The molecule has 3 N–H and O–H groups in total. The van der Waals surface area contributed by atoms with Crippen LogP contribution in [0.4, 0.5) is 5.13 Å². The molecule has 1 saturated heterocycles. The van der Waals surface area contributed by atoms with E-state index in [0.717, 1.165) is 57.0 Å². The molecule has 3 rings (SSSR count). The first kappa shape index (κ1) is 23.8. The molecule has 0 bridgehead atoms. The number of aliphatic carboxylic acids is 1. The molecule has 1 aliphatic heterocycles. The van der Waals surface area contributed by atoms with Crippen molar-refractivity contribution >= 4 is 53.2 Å². The fraction of sp³-hybridized carbons (Fsp3) is 0.733. The monoisotopic (exact) mass is 441 g/mol. The summed E-state index contributed by atoms with van der Waals surface area (Å²) in [6, 6.07) is 0.0729. The van der Waals surface area contributed by atoms with Gasteiger partial charge < -0.3 is 25.4 Å². The van der Waals surface area contributed by atoms with E-state index in [-0.39, 0.29) is 49.5 Å². The molecule has 2 heterocycles. The third kappa shape index (κ3) is 7.04. The van der Waals surface area contributed by atoms with Crippen LogP contribution in [0.15, 0.2) is 0 Å². The van der Waals surface area contributed by atoms with Gasteiger partial charge in [0.25, 0.3) is 5.91 Å². The fourth-order valence-electron chi connectivity index (χ4n) is 3.10. The highest BCUT2D eigenvalue weighted by Gasteiger charge is 2.25. The standard InChI is InChI=1S/C15H23N5O4S.2ClH/c21-12(22)9-24-11-3-1-10(2-4-11)17-13(23)14-18-19-15(25-14)20-7-5-16-6-8-20;;/h10-11,16H,1-9H2,(H,17,23)(H,21,22);2*1H. The highest BCUT2D eigenvalue weighted by Crippen LogP contribution is 2.23. The predicted molar refractivity (Wildman–Crippen MR) is 107 cm³/mol. The number of nitrogens with one attached hydrogen (secondary N) is 2. The molecule has 0 spiro atoms. The third-order valence-electron chi connectivity index (χ3n) is 4.45. The minimum atomic E-state index is -0.952. The lowest BCUT2D eigenvalue weighted by atomic mass is 9.93. The maximum absolute atomic E-state index is 12.4. The summed E-state index contributed by atoms with van der Waals surface area (Å²) in [5.74, 6) is -1.14. The molecule has 2 fully saturated rings. The lowest BCUT2D eigenvalue weighted by molar-refractivity contribution is -0.145. The highest BCUT2D eigenvalue weighted by molar-refractivity contribution is 7.17. The average molecular weight is 442 g/mol. The van der Waals surface area contributed by atoms with Crippen molar-refractivity contribution in [3.8, 4) is 0 Å². The summed E-state index contributed by atoms with van der Waals surface area (Å²) in [4.78, 5) is 25.0. The van der Waals surface area contributed by atoms with Gasteiger partial charge in [-0.15, -0.1) is 35.0 Å². The van der Waals surface area contributed by atoms with Crippen molar-refractivity contribution in [3.05, 3.63) is 5.01 Å². The number of hydrogen-bond acceptors (Lipinski definition) is 8. The average Bonchev–Trinajstić information content (AvgIpc) is 3.12. The smallest absolute Gasteiger partial charge is 0.329 e. The lowest BCUT2D eigenvalue weighted by Gasteiger charge is -2.28. The van der Waals surface area contributed by atoms with Gasteiger partial charge >= 0.3 is 5.97 Å². The van der Waals surface area contributed by atoms with Crippen molar-refractivity contribution in [1.29, 1.82) is 0 Å². The minimum Gasteiger partial charge on any atom is -0.480 e. The summed E-state index contributed by atoms with van der Waals surface area (Å²) in [6.07, 6.45) is 3.02. The van der Waals surface area contributed by atoms with Crippen LogP contribution in [0.5, 0.6) is 0 Å². The second kappa shape index (κ2) is 11.6. The number of nitrogens with zero attached hydrogens (tertiary/aromatic N) is 3. The molecule has 154 valence electrons. The van der Waals surface area contributed by atoms with E-state index in [1.165, 1.54) is 11.3 Å². The van der Waals surface area contributed by atoms with Crippen LogP contribution in [0.25, 0.3) is 0 Å². The number of ether oxygens (including phenoxy) is 1. The largest absolute Gasteiger partial charge is 0.480 e. The van der Waals surface area contributed by atoms with Gasteiger partial charge in [-0.2, -0.15) is 0 Å². The van der Waals surface area contributed by atoms with Crippen molar-refractivity contribution < 1.29 is 19.4 Å². The molecule has 27 heavy (non-hydrogen) atoms. The van der Waals surface area contributed by atoms with Crippen molar-refractivity contribution in [1.82, 2.24) is 20.8 Å². The van der Waals surface area contributed by atoms with Crippen LogP contribution >= 0.6 is 36.2 Å². The molecule has 2 aliphatic rings. The molecule has 0 atom stereocenters. The molecule has 1 aliphatic carbocycles. The quantitative estimate of drug-likeness (QED) is 0.596. The van der Waals surface area contributed by atoms with Gasteiger partial charge in [-0.05, 0) is 25.7 Å². The Labute approximate surface area is 174 Å². The van der Waals surface area contributed by atoms with Gasteiger partial charge in [0.1, 0.15) is 6.61 Å². The minimum absolute atomic E-state index is 0. The van der Waals surface area contributed by atoms with Gasteiger partial charge in [0.15, 0.2) is 0 Å². The molecule has 1 aromatic heterocycles. The van der Waals surface area contributed by atoms with Crippen LogP contribution in [-0.2, 0) is 9.53 Å². The molecular weight excluding hydrogens is 417 g/mol. The van der Waals surface area contributed by atoms with Crippen LogP contribution in [0.3, 0.4) is 0 Å². The van der Waals surface area contributed by atoms with Crippen LogP contribution in [0, 0.1) is 0 Å². The Morgan fingerprint density at radius 1 is 1.19 bits per heavy atom. The second-order valence-corrected chi connectivity index (χ2v) is 7.23. The summed E-state index contributed by atoms with van der Waals surface area (Å²) in [6.45, 7) is 3.30. The van der Waals surface area contributed by atoms with Crippen molar-refractivity contribution in [3.63, 3.8) is 0 Å². The van der Waals surface area contributed by atoms with E-state index in [4.69, 9.17) is 9.84 Å². The fourth-order valence-corrected chi connectivity index (χ4v) is 3.90. The van der Waals surface area contributed by atoms with Crippen LogP contribution in [-0.4, -0.2) is 72.1 Å². The van der Waals surface area contributed by atoms with E-state index in [1.54, 1.807) is 0 Å². The first-order chi connectivity index (χ1) is 12.1. The van der Waals surface area contributed by atoms with Gasteiger partial charge in [0.05, 0.1) is 6.10 Å². The predicted octanol–water partition coefficient (Wildman–Crippen LogP) is 0.933. The van der Waals surface area contributed by atoms with Gasteiger partial charge in [-0.25, -0.2) is 4.79 Å². The van der Waals surface area contributed by atoms with Gasteiger partial charge in [0, 0.05) is 32.2 Å². The highest BCUT2D eigenvalue weighted by atomic mass is 35.5. The van der Waals surface area contributed by atoms with Crippen LogP contribution in [0.1, 0.15) is 35.5 Å². The number of aromatic nitrogens is 2. The number of hydrogen-bond donors (Lipinski definition) is 3. The first-order valence-electron chi connectivity index (χ1n) is 8.55. The van der Waals surface area contributed by atoms with E-state index in [1.807, 2.05) is 0 Å². The topological polar surface area (TPSA) is 117 Å². The maximum atomic E-state index is 12.4. The summed E-state index contributed by atoms with van der Waals surface area (Å²) in [5, 5.41) is 24.3. The number of carbonyl (C=O) groups excluding carboxylic acids is 1. The number of halogens is 2. The first-order valence-corrected chi connectivity index (χ1v) is 9.37. The number of rotatable bonds is 6.